The van der Waals surface area contributed by atoms with Gasteiger partial charge in [-0.3, -0.25) is 0 Å². The molecule has 0 N–H and O–H groups in total. The molecule has 0 aromatic heterocycles. The highest BCUT2D eigenvalue weighted by Crippen LogP contribution is 2.63. The van der Waals surface area contributed by atoms with Crippen LogP contribution in [0, 0.1) is 24.3 Å². The fourth-order valence-corrected chi connectivity index (χ4v) is 13.5. The van der Waals surface area contributed by atoms with Crippen molar-refractivity contribution >= 4 is 76.4 Å². The smallest absolute Gasteiger partial charge is 0.132 e. The van der Waals surface area contributed by atoms with E-state index in [1.807, 2.05) is 11.8 Å². The molecular weight excluding hydrogens is 805 g/mol. The van der Waals surface area contributed by atoms with Gasteiger partial charge in [0.15, 0.2) is 0 Å². The fraction of sp³-hybridized carbons (Fsp3) is 0.0476. The molecule has 10 aromatic carbocycles. The van der Waals surface area contributed by atoms with Gasteiger partial charge < -0.3 is 4.74 Å². The van der Waals surface area contributed by atoms with Gasteiger partial charge >= 0.3 is 0 Å². The highest BCUT2D eigenvalue weighted by atomic mass is 32.2. The summed E-state index contributed by atoms with van der Waals surface area (Å²) in [6.07, 6.45) is 0. The lowest BCUT2D eigenvalue weighted by molar-refractivity contribution is 0.431. The Bertz CT molecular complexity index is 4080. The quantitative estimate of drug-likeness (QED) is 0.163. The zero-order chi connectivity index (χ0) is 43.0. The monoisotopic (exact) mass is 844 g/mol. The number of rotatable bonds is 1. The minimum absolute atomic E-state index is 0.583. The maximum atomic E-state index is 6.74. The number of aryl methyl sites for hydroxylation is 2. The first-order chi connectivity index (χ1) is 32.1. The normalized spacial score (nSPS) is 13.6. The molecule has 0 fully saturated rings. The Morgan fingerprint density at radius 1 is 0.354 bits per heavy atom. The van der Waals surface area contributed by atoms with E-state index in [4.69, 9.17) is 4.74 Å². The van der Waals surface area contributed by atoms with Crippen molar-refractivity contribution in [3.8, 4) is 22.6 Å². The van der Waals surface area contributed by atoms with E-state index in [0.717, 1.165) is 11.5 Å². The molecule has 2 aliphatic heterocycles. The van der Waals surface area contributed by atoms with Crippen molar-refractivity contribution in [3.63, 3.8) is 0 Å². The van der Waals surface area contributed by atoms with Crippen LogP contribution in [0.1, 0.15) is 33.4 Å². The summed E-state index contributed by atoms with van der Waals surface area (Å²) in [4.78, 5) is 2.56. The van der Waals surface area contributed by atoms with Crippen LogP contribution in [0.25, 0.3) is 75.8 Å². The van der Waals surface area contributed by atoms with E-state index in [0.29, 0.717) is 0 Å². The van der Waals surface area contributed by atoms with Crippen molar-refractivity contribution in [1.29, 1.82) is 0 Å². The summed E-state index contributed by atoms with van der Waals surface area (Å²) in [6.45, 7) is 4.68. The summed E-state index contributed by atoms with van der Waals surface area (Å²) < 4.78 is 6.74. The van der Waals surface area contributed by atoms with E-state index in [2.05, 4.69) is 220 Å². The largest absolute Gasteiger partial charge is 0.457 e. The van der Waals surface area contributed by atoms with E-state index in [1.165, 1.54) is 129 Å². The third-order valence-electron chi connectivity index (χ3n) is 14.7. The van der Waals surface area contributed by atoms with Crippen molar-refractivity contribution in [1.82, 2.24) is 0 Å². The lowest BCUT2D eigenvalue weighted by Gasteiger charge is -2.45. The number of fused-ring (bicyclic) bond motifs is 18. The molecule has 10 aromatic rings. The average molecular weight is 845 g/mol. The van der Waals surface area contributed by atoms with E-state index in [9.17, 15) is 0 Å². The molecule has 14 rings (SSSR count). The highest BCUT2D eigenvalue weighted by molar-refractivity contribution is 7.99. The van der Waals surface area contributed by atoms with Crippen LogP contribution >= 0.6 is 11.8 Å². The van der Waals surface area contributed by atoms with Crippen molar-refractivity contribution in [2.45, 2.75) is 29.1 Å². The van der Waals surface area contributed by atoms with Gasteiger partial charge in [0.2, 0.25) is 0 Å². The Hall–Kier alpha value is -7.65. The van der Waals surface area contributed by atoms with Crippen LogP contribution in [0.3, 0.4) is 0 Å². The minimum atomic E-state index is -0.583. The summed E-state index contributed by atoms with van der Waals surface area (Å²) in [5.74, 6) is 1.81. The van der Waals surface area contributed by atoms with Gasteiger partial charge in [-0.15, -0.1) is 0 Å². The Morgan fingerprint density at radius 2 is 0.800 bits per heavy atom. The molecule has 2 heteroatoms. The SMILES string of the molecule is Cc1ccc2c(c1-c1ccc3c4ccccc4c4cccc5c4=c4c(cccc4c3c1C)c1ccccc1c1ccccc51)Sc1ccccc1C21c2ccccc2Oc2ccccc21. The summed E-state index contributed by atoms with van der Waals surface area (Å²) in [7, 11) is 0. The Kier molecular flexibility index (Phi) is 7.74. The molecule has 0 saturated carbocycles. The van der Waals surface area contributed by atoms with Gasteiger partial charge in [0.25, 0.3) is 0 Å². The van der Waals surface area contributed by atoms with Gasteiger partial charge in [0.1, 0.15) is 11.5 Å². The van der Waals surface area contributed by atoms with Crippen molar-refractivity contribution in [2.24, 2.45) is 0 Å². The van der Waals surface area contributed by atoms with Gasteiger partial charge in [-0.2, -0.15) is 0 Å². The third kappa shape index (κ3) is 4.90. The Morgan fingerprint density at radius 3 is 1.38 bits per heavy atom. The van der Waals surface area contributed by atoms with E-state index >= 15 is 0 Å². The standard InChI is InChI=1S/C63H40OS/c1-37-33-36-54-62(65-57-32-14-11-29-53(57)63(54)51-27-9-12-30-55(51)64-56-31-13-10-28-52(56)63)58(37)39-34-35-49-45-22-8-7-21-44(45)47-24-15-23-46-42-19-5-3-17-40(42)41-18-4-6-20-43(41)48-25-16-26-50(59(49)38(39)2)61(48)60(46)47/h3-36H,1-2H3. The molecule has 4 aliphatic rings. The van der Waals surface area contributed by atoms with Crippen LogP contribution < -0.4 is 4.74 Å². The third-order valence-corrected chi connectivity index (χ3v) is 15.9. The Balaban J connectivity index is 1.20. The van der Waals surface area contributed by atoms with Crippen molar-refractivity contribution in [2.75, 3.05) is 0 Å². The number of hydrogen-bond donors (Lipinski definition) is 0. The summed E-state index contributed by atoms with van der Waals surface area (Å²) >= 11 is 1.92. The van der Waals surface area contributed by atoms with Gasteiger partial charge in [0.05, 0.1) is 5.41 Å². The molecule has 0 bridgehead atoms. The maximum absolute atomic E-state index is 6.74. The van der Waals surface area contributed by atoms with Crippen LogP contribution in [0.2, 0.25) is 0 Å². The molecular formula is C63H40OS. The Labute approximate surface area is 380 Å². The second-order valence-corrected chi connectivity index (χ2v) is 18.9. The van der Waals surface area contributed by atoms with Crippen molar-refractivity contribution in [3.05, 3.63) is 250 Å². The fourth-order valence-electron chi connectivity index (χ4n) is 12.0. The zero-order valence-electron chi connectivity index (χ0n) is 35.9. The average Bonchev–Trinajstić information content (AvgIpc) is 3.35. The van der Waals surface area contributed by atoms with Gasteiger partial charge in [-0.05, 0) is 140 Å². The highest BCUT2D eigenvalue weighted by Gasteiger charge is 2.50. The molecule has 0 atom stereocenters. The first kappa shape index (κ1) is 36.8. The number of hydrogen-bond acceptors (Lipinski definition) is 2. The number of ether oxygens (including phenoxy) is 1. The topological polar surface area (TPSA) is 9.23 Å². The minimum Gasteiger partial charge on any atom is -0.457 e. The molecule has 2 heterocycles. The first-order valence-electron chi connectivity index (χ1n) is 22.6. The van der Waals surface area contributed by atoms with Crippen LogP contribution in [0.4, 0.5) is 0 Å². The van der Waals surface area contributed by atoms with Crippen LogP contribution in [0.5, 0.6) is 11.5 Å². The maximum Gasteiger partial charge on any atom is 0.132 e. The zero-order valence-corrected chi connectivity index (χ0v) is 36.8. The van der Waals surface area contributed by atoms with Crippen LogP contribution in [-0.4, -0.2) is 0 Å². The lowest BCUT2D eigenvalue weighted by atomic mass is 9.63. The van der Waals surface area contributed by atoms with Crippen molar-refractivity contribution < 1.29 is 4.74 Å². The predicted octanol–water partition coefficient (Wildman–Crippen LogP) is 17.1. The molecule has 1 nitrogen and oxygen atoms in total. The molecule has 2 aliphatic carbocycles. The van der Waals surface area contributed by atoms with Gasteiger partial charge in [0, 0.05) is 20.9 Å². The van der Waals surface area contributed by atoms with Crippen LogP contribution in [-0.2, 0) is 5.41 Å². The van der Waals surface area contributed by atoms with Gasteiger partial charge in [-0.25, -0.2) is 0 Å². The molecule has 1 spiro atoms. The molecule has 0 saturated heterocycles. The molecule has 304 valence electrons. The second kappa shape index (κ2) is 13.7. The van der Waals surface area contributed by atoms with Crippen LogP contribution in [0.15, 0.2) is 216 Å². The van der Waals surface area contributed by atoms with E-state index in [-0.39, 0.29) is 0 Å². The summed E-state index contributed by atoms with van der Waals surface area (Å²) in [6, 6.07) is 77.1. The summed E-state index contributed by atoms with van der Waals surface area (Å²) in [5.41, 5.74) is 9.44. The lowest BCUT2D eigenvalue weighted by Crippen LogP contribution is -2.37. The molecule has 0 radical (unpaired) electrons. The number of para-hydroxylation sites is 2. The van der Waals surface area contributed by atoms with E-state index < -0.39 is 5.41 Å². The van der Waals surface area contributed by atoms with Gasteiger partial charge in [-0.1, -0.05) is 200 Å². The first-order valence-corrected chi connectivity index (χ1v) is 23.4. The molecule has 0 amide bonds. The molecule has 0 unspecified atom stereocenters. The van der Waals surface area contributed by atoms with E-state index in [1.54, 1.807) is 0 Å². The number of benzene rings is 10. The summed E-state index contributed by atoms with van der Waals surface area (Å²) in [5, 5.41) is 17.7. The molecule has 65 heavy (non-hydrogen) atoms. The predicted molar refractivity (Wildman–Crippen MR) is 273 cm³/mol. The second-order valence-electron chi connectivity index (χ2n) is 17.8.